The van der Waals surface area contributed by atoms with E-state index >= 15 is 0 Å². The molecule has 2 heteroatoms. The fourth-order valence-corrected chi connectivity index (χ4v) is 13.3. The van der Waals surface area contributed by atoms with Crippen molar-refractivity contribution in [3.63, 3.8) is 0 Å². The highest BCUT2D eigenvalue weighted by Gasteiger charge is 2.46. The summed E-state index contributed by atoms with van der Waals surface area (Å²) in [6, 6.07) is 88.2. The van der Waals surface area contributed by atoms with Gasteiger partial charge in [-0.05, 0) is 140 Å². The van der Waals surface area contributed by atoms with Gasteiger partial charge < -0.3 is 9.32 Å². The van der Waals surface area contributed by atoms with Crippen LogP contribution in [0.25, 0.3) is 67.0 Å². The van der Waals surface area contributed by atoms with Crippen molar-refractivity contribution in [3.05, 3.63) is 280 Å². The number of nitrogens with zero attached hydrogens (tertiary/aromatic N) is 1. The number of hydrogen-bond acceptors (Lipinski definition) is 2. The van der Waals surface area contributed by atoms with Gasteiger partial charge in [0.25, 0.3) is 0 Å². The normalized spacial score (nSPS) is 14.9. The first-order valence-corrected chi connectivity index (χ1v) is 26.4. The van der Waals surface area contributed by atoms with Gasteiger partial charge >= 0.3 is 0 Å². The van der Waals surface area contributed by atoms with E-state index in [0.29, 0.717) is 5.92 Å². The molecule has 3 aliphatic carbocycles. The van der Waals surface area contributed by atoms with Crippen LogP contribution in [-0.4, -0.2) is 0 Å². The quantitative estimate of drug-likeness (QED) is 0.143. The number of furan rings is 1. The zero-order valence-corrected chi connectivity index (χ0v) is 41.0. The second kappa shape index (κ2) is 18.0. The highest BCUT2D eigenvalue weighted by molar-refractivity contribution is 6.07. The third-order valence-electron chi connectivity index (χ3n) is 16.5. The fourth-order valence-electron chi connectivity index (χ4n) is 13.3. The van der Waals surface area contributed by atoms with E-state index in [1.165, 1.54) is 109 Å². The standard InChI is InChI=1S/C71H55NO/c1-4-22-48(23-5-1)56-35-20-24-49-25-21-36-62(70(49)56)59-33-13-18-40-67(59)72(66-39-17-12-31-55(66)51-43-45-61-60-34-14-19-41-68(60)73-69(61)47-51)65-38-16-11-30-54(65)50-42-44-58-57-32-10-15-37-63(57)71(64(58)46-50,52-26-6-2-7-27-52)53-28-8-3-9-29-53/h2-3,6-20,24-35,37-48H,1,4-5,21-23,36H2. The van der Waals surface area contributed by atoms with Gasteiger partial charge in [0, 0.05) is 27.5 Å². The molecular weight excluding hydrogens is 883 g/mol. The van der Waals surface area contributed by atoms with Crippen molar-refractivity contribution >= 4 is 50.6 Å². The van der Waals surface area contributed by atoms with E-state index in [0.717, 1.165) is 57.3 Å². The molecule has 1 heterocycles. The SMILES string of the molecule is C1=c2cccc(C3CCCCC3)c2=C(c2ccccc2N(c2ccccc2-c2ccc3c(c2)C(c2ccccc2)(c2ccccc2)c2ccccc2-3)c2ccccc2-c2ccc3c(c2)oc2ccccc23)CC1. The first kappa shape index (κ1) is 43.3. The summed E-state index contributed by atoms with van der Waals surface area (Å²) in [6.07, 6.45) is 10.9. The number of hydrogen-bond donors (Lipinski definition) is 0. The lowest BCUT2D eigenvalue weighted by Crippen LogP contribution is -2.35. The largest absolute Gasteiger partial charge is 0.456 e. The van der Waals surface area contributed by atoms with Crippen molar-refractivity contribution in [3.8, 4) is 33.4 Å². The third-order valence-corrected chi connectivity index (χ3v) is 16.5. The van der Waals surface area contributed by atoms with Gasteiger partial charge in [0.1, 0.15) is 11.2 Å². The Morgan fingerprint density at radius 1 is 0.411 bits per heavy atom. The third kappa shape index (κ3) is 7.07. The monoisotopic (exact) mass is 937 g/mol. The summed E-state index contributed by atoms with van der Waals surface area (Å²) >= 11 is 0. The van der Waals surface area contributed by atoms with Crippen molar-refractivity contribution in [1.29, 1.82) is 0 Å². The number of fused-ring (bicyclic) bond motifs is 7. The van der Waals surface area contributed by atoms with Crippen molar-refractivity contribution in [2.24, 2.45) is 0 Å². The minimum absolute atomic E-state index is 0.522. The molecule has 0 amide bonds. The van der Waals surface area contributed by atoms with E-state index < -0.39 is 5.41 Å². The van der Waals surface area contributed by atoms with E-state index in [1.54, 1.807) is 0 Å². The topological polar surface area (TPSA) is 16.4 Å². The Balaban J connectivity index is 1.03. The summed E-state index contributed by atoms with van der Waals surface area (Å²) in [4.78, 5) is 2.58. The maximum atomic E-state index is 6.57. The molecule has 2 nitrogen and oxygen atoms in total. The second-order valence-electron chi connectivity index (χ2n) is 20.4. The van der Waals surface area contributed by atoms with Gasteiger partial charge in [-0.3, -0.25) is 0 Å². The van der Waals surface area contributed by atoms with Crippen LogP contribution in [0.2, 0.25) is 0 Å². The predicted molar refractivity (Wildman–Crippen MR) is 304 cm³/mol. The first-order chi connectivity index (χ1) is 36.2. The van der Waals surface area contributed by atoms with Crippen molar-refractivity contribution < 1.29 is 4.42 Å². The van der Waals surface area contributed by atoms with Crippen LogP contribution in [0.1, 0.15) is 84.2 Å². The van der Waals surface area contributed by atoms with E-state index in [1.807, 2.05) is 0 Å². The summed E-state index contributed by atoms with van der Waals surface area (Å²) in [5.74, 6) is 0.577. The molecule has 0 aliphatic heterocycles. The maximum Gasteiger partial charge on any atom is 0.136 e. The Morgan fingerprint density at radius 3 is 1.70 bits per heavy atom. The molecule has 73 heavy (non-hydrogen) atoms. The Kier molecular flexibility index (Phi) is 10.7. The smallest absolute Gasteiger partial charge is 0.136 e. The zero-order chi connectivity index (χ0) is 48.3. The molecule has 1 fully saturated rings. The minimum Gasteiger partial charge on any atom is -0.456 e. The Hall–Kier alpha value is -8.46. The average Bonchev–Trinajstić information content (AvgIpc) is 4.04. The highest BCUT2D eigenvalue weighted by atomic mass is 16.3. The molecule has 0 unspecified atom stereocenters. The molecule has 350 valence electrons. The van der Waals surface area contributed by atoms with Crippen molar-refractivity contribution in [2.45, 2.75) is 56.3 Å². The van der Waals surface area contributed by atoms with Gasteiger partial charge in [-0.2, -0.15) is 0 Å². The van der Waals surface area contributed by atoms with Gasteiger partial charge in [-0.1, -0.05) is 219 Å². The number of para-hydroxylation sites is 4. The molecule has 0 radical (unpaired) electrons. The number of benzene rings is 10. The van der Waals surface area contributed by atoms with Gasteiger partial charge in [0.2, 0.25) is 0 Å². The Labute approximate surface area is 427 Å². The van der Waals surface area contributed by atoms with E-state index in [9.17, 15) is 0 Å². The summed E-state index contributed by atoms with van der Waals surface area (Å²) in [5.41, 5.74) is 21.2. The molecule has 1 aromatic heterocycles. The molecule has 0 N–H and O–H groups in total. The van der Waals surface area contributed by atoms with E-state index in [4.69, 9.17) is 4.42 Å². The van der Waals surface area contributed by atoms with Crippen molar-refractivity contribution in [2.75, 3.05) is 4.90 Å². The number of anilines is 3. The Morgan fingerprint density at radius 2 is 0.973 bits per heavy atom. The lowest BCUT2D eigenvalue weighted by Gasteiger charge is -2.34. The van der Waals surface area contributed by atoms with Gasteiger partial charge in [0.05, 0.1) is 22.5 Å². The predicted octanol–water partition coefficient (Wildman–Crippen LogP) is 17.6. The van der Waals surface area contributed by atoms with Crippen LogP contribution < -0.4 is 15.3 Å². The van der Waals surface area contributed by atoms with Crippen molar-refractivity contribution in [1.82, 2.24) is 0 Å². The lowest BCUT2D eigenvalue weighted by molar-refractivity contribution is 0.442. The molecule has 3 aliphatic rings. The molecule has 10 aromatic carbocycles. The molecule has 11 aromatic rings. The molecule has 0 bridgehead atoms. The maximum absolute atomic E-state index is 6.57. The molecular formula is C71H55NO. The van der Waals surface area contributed by atoms with Gasteiger partial charge in [0.15, 0.2) is 0 Å². The van der Waals surface area contributed by atoms with Crippen LogP contribution in [0.5, 0.6) is 0 Å². The highest BCUT2D eigenvalue weighted by Crippen LogP contribution is 2.57. The summed E-state index contributed by atoms with van der Waals surface area (Å²) in [5, 5.41) is 5.10. The fraction of sp³-hybridized carbons (Fsp3) is 0.127. The molecule has 0 spiro atoms. The molecule has 14 rings (SSSR count). The van der Waals surface area contributed by atoms with Gasteiger partial charge in [-0.25, -0.2) is 0 Å². The van der Waals surface area contributed by atoms with Crippen LogP contribution in [0.15, 0.2) is 241 Å². The summed E-state index contributed by atoms with van der Waals surface area (Å²) in [7, 11) is 0. The van der Waals surface area contributed by atoms with Crippen LogP contribution >= 0.6 is 0 Å². The van der Waals surface area contributed by atoms with E-state index in [-0.39, 0.29) is 0 Å². The average molecular weight is 938 g/mol. The summed E-state index contributed by atoms with van der Waals surface area (Å²) in [6.45, 7) is 0. The first-order valence-electron chi connectivity index (χ1n) is 26.4. The van der Waals surface area contributed by atoms with Crippen LogP contribution in [-0.2, 0) is 5.41 Å². The minimum atomic E-state index is -0.522. The van der Waals surface area contributed by atoms with Crippen LogP contribution in [0, 0.1) is 0 Å². The molecule has 1 saturated carbocycles. The molecule has 0 saturated heterocycles. The molecule has 0 atom stereocenters. The summed E-state index contributed by atoms with van der Waals surface area (Å²) < 4.78 is 6.57. The second-order valence-corrected chi connectivity index (χ2v) is 20.4. The lowest BCUT2D eigenvalue weighted by atomic mass is 9.67. The van der Waals surface area contributed by atoms with Crippen LogP contribution in [0.4, 0.5) is 17.1 Å². The Bertz CT molecular complexity index is 3980. The van der Waals surface area contributed by atoms with Gasteiger partial charge in [-0.15, -0.1) is 0 Å². The number of rotatable bonds is 9. The van der Waals surface area contributed by atoms with E-state index in [2.05, 4.69) is 248 Å². The zero-order valence-electron chi connectivity index (χ0n) is 41.0. The van der Waals surface area contributed by atoms with Crippen LogP contribution in [0.3, 0.4) is 0 Å².